The van der Waals surface area contributed by atoms with Gasteiger partial charge in [0.15, 0.2) is 0 Å². The first-order valence-corrected chi connectivity index (χ1v) is 8.56. The van der Waals surface area contributed by atoms with Crippen LogP contribution < -0.4 is 0 Å². The number of rotatable bonds is 8. The van der Waals surface area contributed by atoms with Crippen molar-refractivity contribution in [1.29, 1.82) is 0 Å². The van der Waals surface area contributed by atoms with Gasteiger partial charge in [-0.2, -0.15) is 0 Å². The van der Waals surface area contributed by atoms with Crippen molar-refractivity contribution in [2.75, 3.05) is 0 Å². The smallest absolute Gasteiger partial charge is 0.307 e. The van der Waals surface area contributed by atoms with Gasteiger partial charge in [0.1, 0.15) is 18.0 Å². The maximum Gasteiger partial charge on any atom is 0.307 e. The molecule has 0 aliphatic heterocycles. The minimum atomic E-state index is -1.21. The predicted molar refractivity (Wildman–Crippen MR) is 83.8 cm³/mol. The average Bonchev–Trinajstić information content (AvgIpc) is 2.62. The molecule has 2 aliphatic carbocycles. The predicted octanol–water partition coefficient (Wildman–Crippen LogP) is 0.641. The fourth-order valence-corrected chi connectivity index (χ4v) is 4.13. The number of carbonyl (C=O) groups is 5. The standard InChI is InChI=1S/C17H22O9/c18-7-25-13-4-2-10(6-14(13)26-8-19)15(20)9-1-3-11(16(21)22)12(5-9)17(23)24/h7-14H,1-6H2,(H,21,22)(H,23,24). The van der Waals surface area contributed by atoms with Crippen molar-refractivity contribution < 1.29 is 43.7 Å². The molecule has 0 radical (unpaired) electrons. The van der Waals surface area contributed by atoms with E-state index in [1.807, 2.05) is 0 Å². The van der Waals surface area contributed by atoms with Gasteiger partial charge < -0.3 is 19.7 Å². The third kappa shape index (κ3) is 4.39. The van der Waals surface area contributed by atoms with E-state index in [2.05, 4.69) is 0 Å². The summed E-state index contributed by atoms with van der Waals surface area (Å²) in [5, 5.41) is 18.5. The molecule has 0 aromatic heterocycles. The summed E-state index contributed by atoms with van der Waals surface area (Å²) in [6.07, 6.45) is 0.140. The molecule has 2 saturated carbocycles. The van der Waals surface area contributed by atoms with Crippen LogP contribution in [0.15, 0.2) is 0 Å². The van der Waals surface area contributed by atoms with Gasteiger partial charge in [-0.25, -0.2) is 0 Å². The second-order valence-electron chi connectivity index (χ2n) is 6.85. The molecule has 9 nitrogen and oxygen atoms in total. The van der Waals surface area contributed by atoms with Gasteiger partial charge in [-0.15, -0.1) is 0 Å². The second-order valence-corrected chi connectivity index (χ2v) is 6.85. The van der Waals surface area contributed by atoms with E-state index in [0.29, 0.717) is 19.3 Å². The Balaban J connectivity index is 2.04. The van der Waals surface area contributed by atoms with Crippen LogP contribution in [0.3, 0.4) is 0 Å². The van der Waals surface area contributed by atoms with E-state index < -0.39 is 47.8 Å². The molecule has 0 amide bonds. The first kappa shape index (κ1) is 19.9. The van der Waals surface area contributed by atoms with E-state index in [1.165, 1.54) is 0 Å². The summed E-state index contributed by atoms with van der Waals surface area (Å²) in [4.78, 5) is 56.6. The number of ether oxygens (including phenoxy) is 2. The van der Waals surface area contributed by atoms with Gasteiger partial charge >= 0.3 is 11.9 Å². The van der Waals surface area contributed by atoms with E-state index in [1.54, 1.807) is 0 Å². The van der Waals surface area contributed by atoms with Gasteiger partial charge in [0.05, 0.1) is 11.8 Å². The van der Waals surface area contributed by atoms with E-state index in [0.717, 1.165) is 0 Å². The van der Waals surface area contributed by atoms with Crippen molar-refractivity contribution in [3.05, 3.63) is 0 Å². The molecule has 2 N–H and O–H groups in total. The first-order chi connectivity index (χ1) is 12.4. The zero-order valence-corrected chi connectivity index (χ0v) is 14.1. The van der Waals surface area contributed by atoms with Crippen molar-refractivity contribution in [3.63, 3.8) is 0 Å². The fourth-order valence-electron chi connectivity index (χ4n) is 4.13. The van der Waals surface area contributed by atoms with Gasteiger partial charge in [0, 0.05) is 11.8 Å². The van der Waals surface area contributed by atoms with Crippen LogP contribution in [0.2, 0.25) is 0 Å². The molecule has 6 unspecified atom stereocenters. The van der Waals surface area contributed by atoms with Crippen molar-refractivity contribution >= 4 is 30.7 Å². The highest BCUT2D eigenvalue weighted by Crippen LogP contribution is 2.39. The summed E-state index contributed by atoms with van der Waals surface area (Å²) >= 11 is 0. The Hall–Kier alpha value is -2.45. The minimum absolute atomic E-state index is 0.00486. The van der Waals surface area contributed by atoms with Gasteiger partial charge in [0.25, 0.3) is 12.9 Å². The number of hydrogen-bond donors (Lipinski definition) is 2. The summed E-state index contributed by atoms with van der Waals surface area (Å²) in [6.45, 7) is 0.524. The molecule has 144 valence electrons. The van der Waals surface area contributed by atoms with Crippen LogP contribution in [0, 0.1) is 23.7 Å². The van der Waals surface area contributed by atoms with Crippen molar-refractivity contribution in [2.24, 2.45) is 23.7 Å². The number of carboxylic acids is 2. The molecule has 0 spiro atoms. The molecule has 0 aromatic carbocycles. The molecular formula is C17H22O9. The lowest BCUT2D eigenvalue weighted by molar-refractivity contribution is -0.160. The molecule has 2 aliphatic rings. The molecule has 0 saturated heterocycles. The molecule has 0 bridgehead atoms. The van der Waals surface area contributed by atoms with E-state index in [4.69, 9.17) is 14.6 Å². The zero-order valence-electron chi connectivity index (χ0n) is 14.1. The molecular weight excluding hydrogens is 348 g/mol. The second kappa shape index (κ2) is 8.77. The molecule has 6 atom stereocenters. The molecule has 2 rings (SSSR count). The summed E-state index contributed by atoms with van der Waals surface area (Å²) in [6, 6.07) is 0. The molecule has 26 heavy (non-hydrogen) atoms. The maximum absolute atomic E-state index is 12.8. The summed E-state index contributed by atoms with van der Waals surface area (Å²) in [5.41, 5.74) is 0. The number of Topliss-reactive ketones (excluding diaryl/α,β-unsaturated/α-hetero) is 1. The highest BCUT2D eigenvalue weighted by atomic mass is 16.6. The first-order valence-electron chi connectivity index (χ1n) is 8.56. The number of hydrogen-bond acceptors (Lipinski definition) is 7. The third-order valence-corrected chi connectivity index (χ3v) is 5.48. The SMILES string of the molecule is O=COC1CCC(C(=O)C2CCC(C(=O)O)C(C(=O)O)C2)CC1OC=O. The fraction of sp³-hybridized carbons (Fsp3) is 0.706. The number of aliphatic carboxylic acids is 2. The van der Waals surface area contributed by atoms with Crippen molar-refractivity contribution in [2.45, 2.75) is 50.7 Å². The zero-order chi connectivity index (χ0) is 19.3. The third-order valence-electron chi connectivity index (χ3n) is 5.48. The van der Waals surface area contributed by atoms with E-state index >= 15 is 0 Å². The highest BCUT2D eigenvalue weighted by molar-refractivity contribution is 5.86. The van der Waals surface area contributed by atoms with Gasteiger partial charge in [-0.1, -0.05) is 0 Å². The average molecular weight is 370 g/mol. The van der Waals surface area contributed by atoms with Crippen molar-refractivity contribution in [1.82, 2.24) is 0 Å². The largest absolute Gasteiger partial charge is 0.481 e. The molecule has 2 fully saturated rings. The highest BCUT2D eigenvalue weighted by Gasteiger charge is 2.44. The van der Waals surface area contributed by atoms with Crippen LogP contribution in [0.4, 0.5) is 0 Å². The van der Waals surface area contributed by atoms with E-state index in [-0.39, 0.29) is 38.0 Å². The Morgan fingerprint density at radius 1 is 0.731 bits per heavy atom. The van der Waals surface area contributed by atoms with Crippen LogP contribution in [0.1, 0.15) is 38.5 Å². The van der Waals surface area contributed by atoms with Gasteiger partial charge in [-0.05, 0) is 38.5 Å². The van der Waals surface area contributed by atoms with Crippen LogP contribution in [0.25, 0.3) is 0 Å². The summed E-state index contributed by atoms with van der Waals surface area (Å²) in [5.74, 6) is -5.55. The Kier molecular flexibility index (Phi) is 6.70. The molecule has 0 heterocycles. The van der Waals surface area contributed by atoms with Crippen molar-refractivity contribution in [3.8, 4) is 0 Å². The Morgan fingerprint density at radius 2 is 1.27 bits per heavy atom. The molecule has 9 heteroatoms. The van der Waals surface area contributed by atoms with Crippen LogP contribution in [0.5, 0.6) is 0 Å². The van der Waals surface area contributed by atoms with E-state index in [9.17, 15) is 29.1 Å². The van der Waals surface area contributed by atoms with Crippen LogP contribution >= 0.6 is 0 Å². The lowest BCUT2D eigenvalue weighted by atomic mass is 9.69. The quantitative estimate of drug-likeness (QED) is 0.588. The maximum atomic E-state index is 12.8. The Labute approximate surface area is 149 Å². The van der Waals surface area contributed by atoms with Crippen LogP contribution in [-0.2, 0) is 33.4 Å². The lowest BCUT2D eigenvalue weighted by Crippen LogP contribution is -2.43. The normalized spacial score (nSPS) is 34.3. The monoisotopic (exact) mass is 370 g/mol. The van der Waals surface area contributed by atoms with Gasteiger partial charge in [0.2, 0.25) is 0 Å². The Morgan fingerprint density at radius 3 is 1.85 bits per heavy atom. The van der Waals surface area contributed by atoms with Crippen LogP contribution in [-0.4, -0.2) is 53.1 Å². The molecule has 0 aromatic rings. The minimum Gasteiger partial charge on any atom is -0.481 e. The topological polar surface area (TPSA) is 144 Å². The Bertz CT molecular complexity index is 573. The lowest BCUT2D eigenvalue weighted by Gasteiger charge is -2.36. The number of carbonyl (C=O) groups excluding carboxylic acids is 3. The van der Waals surface area contributed by atoms with Gasteiger partial charge in [-0.3, -0.25) is 24.0 Å². The number of carboxylic acid groups (broad SMARTS) is 2. The number of ketones is 1. The summed E-state index contributed by atoms with van der Waals surface area (Å²) in [7, 11) is 0. The summed E-state index contributed by atoms with van der Waals surface area (Å²) < 4.78 is 9.83.